The van der Waals surface area contributed by atoms with E-state index < -0.39 is 10.0 Å². The maximum absolute atomic E-state index is 12.6. The SMILES string of the molecule is CS(=O)(=O)NC1CCN(C(=O)CC2CC2)[C@H]1Cc1ccccc1. The minimum absolute atomic E-state index is 0.0987. The Morgan fingerprint density at radius 2 is 1.91 bits per heavy atom. The zero-order valence-corrected chi connectivity index (χ0v) is 14.3. The highest BCUT2D eigenvalue weighted by molar-refractivity contribution is 7.88. The molecule has 6 heteroatoms. The molecule has 1 N–H and O–H groups in total. The van der Waals surface area contributed by atoms with Gasteiger partial charge in [0.25, 0.3) is 0 Å². The van der Waals surface area contributed by atoms with Gasteiger partial charge in [-0.05, 0) is 37.2 Å². The van der Waals surface area contributed by atoms with Crippen LogP contribution < -0.4 is 4.72 Å². The van der Waals surface area contributed by atoms with Crippen LogP contribution in [-0.4, -0.2) is 44.1 Å². The van der Waals surface area contributed by atoms with E-state index in [1.165, 1.54) is 6.26 Å². The van der Waals surface area contributed by atoms with Gasteiger partial charge in [0.15, 0.2) is 0 Å². The molecule has 2 atom stereocenters. The molecule has 2 aliphatic rings. The summed E-state index contributed by atoms with van der Waals surface area (Å²) in [6.07, 6.45) is 5.45. The summed E-state index contributed by atoms with van der Waals surface area (Å²) in [5.41, 5.74) is 1.13. The lowest BCUT2D eigenvalue weighted by molar-refractivity contribution is -0.132. The predicted octanol–water partition coefficient (Wildman–Crippen LogP) is 1.55. The molecule has 1 saturated carbocycles. The van der Waals surface area contributed by atoms with Crippen LogP contribution in [0.15, 0.2) is 30.3 Å². The van der Waals surface area contributed by atoms with E-state index in [-0.39, 0.29) is 18.0 Å². The average Bonchev–Trinajstić information content (AvgIpc) is 3.21. The van der Waals surface area contributed by atoms with E-state index in [2.05, 4.69) is 4.72 Å². The predicted molar refractivity (Wildman–Crippen MR) is 89.4 cm³/mol. The summed E-state index contributed by atoms with van der Waals surface area (Å²) in [7, 11) is -3.28. The van der Waals surface area contributed by atoms with Gasteiger partial charge in [0.1, 0.15) is 0 Å². The maximum atomic E-state index is 12.6. The molecule has 1 saturated heterocycles. The van der Waals surface area contributed by atoms with Gasteiger partial charge in [-0.1, -0.05) is 30.3 Å². The Morgan fingerprint density at radius 1 is 1.22 bits per heavy atom. The molecule has 3 rings (SSSR count). The van der Waals surface area contributed by atoms with Crippen molar-refractivity contribution in [1.29, 1.82) is 0 Å². The van der Waals surface area contributed by atoms with E-state index in [1.807, 2.05) is 35.2 Å². The number of carbonyl (C=O) groups is 1. The molecule has 0 aromatic heterocycles. The molecular weight excluding hydrogens is 312 g/mol. The van der Waals surface area contributed by atoms with Crippen molar-refractivity contribution in [3.05, 3.63) is 35.9 Å². The molecule has 0 radical (unpaired) electrons. The number of nitrogens with zero attached hydrogens (tertiary/aromatic N) is 1. The Hall–Kier alpha value is -1.40. The van der Waals surface area contributed by atoms with Crippen LogP contribution >= 0.6 is 0 Å². The van der Waals surface area contributed by atoms with E-state index in [4.69, 9.17) is 0 Å². The Morgan fingerprint density at radius 3 is 2.52 bits per heavy atom. The summed E-state index contributed by atoms with van der Waals surface area (Å²) in [6, 6.07) is 9.66. The fourth-order valence-corrected chi connectivity index (χ4v) is 4.19. The topological polar surface area (TPSA) is 66.5 Å². The summed E-state index contributed by atoms with van der Waals surface area (Å²) >= 11 is 0. The van der Waals surface area contributed by atoms with Crippen LogP contribution in [0.5, 0.6) is 0 Å². The largest absolute Gasteiger partial charge is 0.338 e. The summed E-state index contributed by atoms with van der Waals surface area (Å²) in [4.78, 5) is 14.5. The third kappa shape index (κ3) is 4.54. The molecule has 2 fully saturated rings. The number of nitrogens with one attached hydrogen (secondary N) is 1. The van der Waals surface area contributed by atoms with E-state index in [9.17, 15) is 13.2 Å². The Kier molecular flexibility index (Phi) is 4.73. The minimum atomic E-state index is -3.28. The monoisotopic (exact) mass is 336 g/mol. The van der Waals surface area contributed by atoms with Gasteiger partial charge >= 0.3 is 0 Å². The van der Waals surface area contributed by atoms with E-state index >= 15 is 0 Å². The number of carbonyl (C=O) groups excluding carboxylic acids is 1. The maximum Gasteiger partial charge on any atom is 0.223 e. The van der Waals surface area contributed by atoms with E-state index in [0.29, 0.717) is 31.7 Å². The van der Waals surface area contributed by atoms with Crippen LogP contribution in [0.25, 0.3) is 0 Å². The molecule has 1 amide bonds. The molecule has 1 unspecified atom stereocenters. The van der Waals surface area contributed by atoms with Gasteiger partial charge in [-0.15, -0.1) is 0 Å². The number of likely N-dealkylation sites (tertiary alicyclic amines) is 1. The van der Waals surface area contributed by atoms with Crippen LogP contribution in [0.4, 0.5) is 0 Å². The van der Waals surface area contributed by atoms with Crippen molar-refractivity contribution in [2.24, 2.45) is 5.92 Å². The third-order valence-corrected chi connectivity index (χ3v) is 5.41. The van der Waals surface area contributed by atoms with E-state index in [0.717, 1.165) is 18.4 Å². The molecule has 1 aromatic rings. The van der Waals surface area contributed by atoms with Crippen molar-refractivity contribution < 1.29 is 13.2 Å². The Labute approximate surface area is 138 Å². The third-order valence-electron chi connectivity index (χ3n) is 4.68. The molecule has 1 aliphatic heterocycles. The van der Waals surface area contributed by atoms with Crippen LogP contribution in [-0.2, 0) is 21.2 Å². The molecule has 1 heterocycles. The van der Waals surface area contributed by atoms with Gasteiger partial charge in [0.05, 0.1) is 12.3 Å². The molecule has 0 bridgehead atoms. The van der Waals surface area contributed by atoms with Gasteiger partial charge in [-0.2, -0.15) is 0 Å². The summed E-state index contributed by atoms with van der Waals surface area (Å²) in [5, 5.41) is 0. The van der Waals surface area contributed by atoms with Crippen LogP contribution in [0.1, 0.15) is 31.2 Å². The standard InChI is InChI=1S/C17H24N2O3S/c1-23(21,22)18-15-9-10-19(17(20)12-14-7-8-14)16(15)11-13-5-3-2-4-6-13/h2-6,14-16,18H,7-12H2,1H3/t15?,16-/m0/s1. The van der Waals surface area contributed by atoms with Crippen LogP contribution in [0.3, 0.4) is 0 Å². The zero-order chi connectivity index (χ0) is 16.4. The van der Waals surface area contributed by atoms with E-state index in [1.54, 1.807) is 0 Å². The molecule has 5 nitrogen and oxygen atoms in total. The van der Waals surface area contributed by atoms with Crippen molar-refractivity contribution in [2.45, 2.75) is 44.2 Å². The quantitative estimate of drug-likeness (QED) is 0.857. The van der Waals surface area contributed by atoms with Crippen molar-refractivity contribution in [2.75, 3.05) is 12.8 Å². The first-order valence-corrected chi connectivity index (χ1v) is 10.1. The molecule has 126 valence electrons. The van der Waals surface area contributed by atoms with Crippen molar-refractivity contribution >= 4 is 15.9 Å². The zero-order valence-electron chi connectivity index (χ0n) is 13.4. The fraction of sp³-hybridized carbons (Fsp3) is 0.588. The summed E-state index contributed by atoms with van der Waals surface area (Å²) < 4.78 is 26.0. The smallest absolute Gasteiger partial charge is 0.223 e. The first-order chi connectivity index (χ1) is 10.9. The number of benzene rings is 1. The van der Waals surface area contributed by atoms with Crippen LogP contribution in [0, 0.1) is 5.92 Å². The fourth-order valence-electron chi connectivity index (χ4n) is 3.37. The molecule has 1 aliphatic carbocycles. The first kappa shape index (κ1) is 16.5. The van der Waals surface area contributed by atoms with Crippen molar-refractivity contribution in [1.82, 2.24) is 9.62 Å². The highest BCUT2D eigenvalue weighted by Crippen LogP contribution is 2.34. The average molecular weight is 336 g/mol. The van der Waals surface area contributed by atoms with Gasteiger partial charge < -0.3 is 4.90 Å². The van der Waals surface area contributed by atoms with Gasteiger partial charge in [-0.25, -0.2) is 13.1 Å². The summed E-state index contributed by atoms with van der Waals surface area (Å²) in [5.74, 6) is 0.716. The second kappa shape index (κ2) is 6.61. The highest BCUT2D eigenvalue weighted by atomic mass is 32.2. The lowest BCUT2D eigenvalue weighted by Crippen LogP contribution is -2.47. The number of hydrogen-bond donors (Lipinski definition) is 1. The minimum Gasteiger partial charge on any atom is -0.338 e. The molecule has 1 aromatic carbocycles. The van der Waals surface area contributed by atoms with Crippen molar-refractivity contribution in [3.8, 4) is 0 Å². The van der Waals surface area contributed by atoms with Crippen molar-refractivity contribution in [3.63, 3.8) is 0 Å². The van der Waals surface area contributed by atoms with Gasteiger partial charge in [-0.3, -0.25) is 4.79 Å². The van der Waals surface area contributed by atoms with Gasteiger partial charge in [0, 0.05) is 19.0 Å². The first-order valence-electron chi connectivity index (χ1n) is 8.23. The molecule has 23 heavy (non-hydrogen) atoms. The number of rotatable bonds is 6. The second-order valence-corrected chi connectivity index (χ2v) is 8.56. The number of hydrogen-bond acceptors (Lipinski definition) is 3. The van der Waals surface area contributed by atoms with Gasteiger partial charge in [0.2, 0.25) is 15.9 Å². The summed E-state index contributed by atoms with van der Waals surface area (Å²) in [6.45, 7) is 0.635. The number of sulfonamides is 1. The second-order valence-electron chi connectivity index (χ2n) is 6.78. The number of amides is 1. The van der Waals surface area contributed by atoms with Crippen LogP contribution in [0.2, 0.25) is 0 Å². The molecule has 0 spiro atoms. The Bertz CT molecular complexity index is 656. The Balaban J connectivity index is 1.76. The lowest BCUT2D eigenvalue weighted by Gasteiger charge is -2.28. The lowest BCUT2D eigenvalue weighted by atomic mass is 10.0. The normalized spacial score (nSPS) is 24.8. The molecular formula is C17H24N2O3S. The highest BCUT2D eigenvalue weighted by Gasteiger charge is 2.39.